The molecule has 0 bridgehead atoms. The summed E-state index contributed by atoms with van der Waals surface area (Å²) in [5, 5.41) is 0. The Balaban J connectivity index is 3.73. The van der Waals surface area contributed by atoms with Crippen LogP contribution in [0.25, 0.3) is 0 Å². The molecule has 0 spiro atoms. The molecule has 0 saturated heterocycles. The Kier molecular flexibility index (Phi) is 6.54. The standard InChI is InChI=1S/C11H23NO2/c1-5-9(4)10(12)11(13)14-7-6-8(2)3/h8-10H,5-7,12H2,1-4H3/t9-,10-/m0/s1. The number of hydrogen-bond donors (Lipinski definition) is 1. The number of carbonyl (C=O) groups excluding carboxylic acids is 1. The van der Waals surface area contributed by atoms with Crippen LogP contribution >= 0.6 is 0 Å². The zero-order valence-electron chi connectivity index (χ0n) is 9.75. The normalized spacial score (nSPS) is 15.3. The van der Waals surface area contributed by atoms with Gasteiger partial charge < -0.3 is 10.5 Å². The maximum absolute atomic E-state index is 11.4. The van der Waals surface area contributed by atoms with Crippen LogP contribution in [0.4, 0.5) is 0 Å². The van der Waals surface area contributed by atoms with E-state index in [9.17, 15) is 4.79 Å². The van der Waals surface area contributed by atoms with Crippen LogP contribution in [0.15, 0.2) is 0 Å². The Labute approximate surface area is 87.0 Å². The topological polar surface area (TPSA) is 52.3 Å². The summed E-state index contributed by atoms with van der Waals surface area (Å²) in [7, 11) is 0. The molecule has 0 aliphatic carbocycles. The molecule has 2 N–H and O–H groups in total. The summed E-state index contributed by atoms with van der Waals surface area (Å²) in [6.07, 6.45) is 1.80. The molecule has 0 fully saturated rings. The van der Waals surface area contributed by atoms with Gasteiger partial charge >= 0.3 is 5.97 Å². The Morgan fingerprint density at radius 2 is 1.93 bits per heavy atom. The van der Waals surface area contributed by atoms with E-state index in [1.807, 2.05) is 13.8 Å². The van der Waals surface area contributed by atoms with E-state index in [2.05, 4.69) is 13.8 Å². The minimum atomic E-state index is -0.466. The number of nitrogens with two attached hydrogens (primary N) is 1. The summed E-state index contributed by atoms with van der Waals surface area (Å²) >= 11 is 0. The Hall–Kier alpha value is -0.570. The zero-order valence-corrected chi connectivity index (χ0v) is 9.75. The lowest BCUT2D eigenvalue weighted by Gasteiger charge is -2.17. The van der Waals surface area contributed by atoms with Crippen LogP contribution in [0.2, 0.25) is 0 Å². The van der Waals surface area contributed by atoms with Crippen LogP contribution in [-0.4, -0.2) is 18.6 Å². The SMILES string of the molecule is CC[C@H](C)[C@H](N)C(=O)OCCC(C)C. The second kappa shape index (κ2) is 6.82. The van der Waals surface area contributed by atoms with Gasteiger partial charge in [0.1, 0.15) is 6.04 Å². The van der Waals surface area contributed by atoms with Crippen LogP contribution in [0.5, 0.6) is 0 Å². The summed E-state index contributed by atoms with van der Waals surface area (Å²) in [5.41, 5.74) is 5.71. The van der Waals surface area contributed by atoms with Gasteiger partial charge in [-0.3, -0.25) is 4.79 Å². The van der Waals surface area contributed by atoms with Gasteiger partial charge in [-0.1, -0.05) is 34.1 Å². The van der Waals surface area contributed by atoms with E-state index in [0.717, 1.165) is 12.8 Å². The molecule has 0 amide bonds. The quantitative estimate of drug-likeness (QED) is 0.668. The van der Waals surface area contributed by atoms with Crippen molar-refractivity contribution >= 4 is 5.97 Å². The van der Waals surface area contributed by atoms with E-state index in [-0.39, 0.29) is 11.9 Å². The minimum absolute atomic E-state index is 0.196. The Bertz CT molecular complexity index is 169. The first-order valence-electron chi connectivity index (χ1n) is 5.41. The van der Waals surface area contributed by atoms with Gasteiger partial charge in [-0.25, -0.2) is 0 Å². The molecule has 84 valence electrons. The van der Waals surface area contributed by atoms with Crippen LogP contribution in [0, 0.1) is 11.8 Å². The molecule has 0 rings (SSSR count). The molecule has 0 radical (unpaired) electrons. The van der Waals surface area contributed by atoms with Crippen molar-refractivity contribution in [3.8, 4) is 0 Å². The van der Waals surface area contributed by atoms with E-state index < -0.39 is 6.04 Å². The molecule has 3 nitrogen and oxygen atoms in total. The molecule has 0 aliphatic heterocycles. The van der Waals surface area contributed by atoms with E-state index in [1.54, 1.807) is 0 Å². The van der Waals surface area contributed by atoms with Gasteiger partial charge in [0.25, 0.3) is 0 Å². The molecule has 0 heterocycles. The molecule has 2 atom stereocenters. The molecule has 0 aliphatic rings. The second-order valence-electron chi connectivity index (χ2n) is 4.26. The third kappa shape index (κ3) is 5.22. The van der Waals surface area contributed by atoms with Crippen molar-refractivity contribution in [3.05, 3.63) is 0 Å². The van der Waals surface area contributed by atoms with Crippen LogP contribution in [0.3, 0.4) is 0 Å². The van der Waals surface area contributed by atoms with Crippen molar-refractivity contribution < 1.29 is 9.53 Å². The average molecular weight is 201 g/mol. The molecule has 14 heavy (non-hydrogen) atoms. The lowest BCUT2D eigenvalue weighted by Crippen LogP contribution is -2.38. The van der Waals surface area contributed by atoms with E-state index in [4.69, 9.17) is 10.5 Å². The highest BCUT2D eigenvalue weighted by Crippen LogP contribution is 2.07. The Morgan fingerprint density at radius 3 is 2.36 bits per heavy atom. The van der Waals surface area contributed by atoms with E-state index >= 15 is 0 Å². The lowest BCUT2D eigenvalue weighted by molar-refractivity contribution is -0.146. The highest BCUT2D eigenvalue weighted by Gasteiger charge is 2.20. The number of rotatable bonds is 6. The fourth-order valence-electron chi connectivity index (χ4n) is 0.978. The maximum Gasteiger partial charge on any atom is 0.323 e. The molecule has 3 heteroatoms. The third-order valence-corrected chi connectivity index (χ3v) is 2.47. The van der Waals surface area contributed by atoms with Gasteiger partial charge in [0.15, 0.2) is 0 Å². The number of carbonyl (C=O) groups is 1. The number of hydrogen-bond acceptors (Lipinski definition) is 3. The first kappa shape index (κ1) is 13.4. The maximum atomic E-state index is 11.4. The number of esters is 1. The Morgan fingerprint density at radius 1 is 1.36 bits per heavy atom. The molecule has 0 aromatic rings. The first-order chi connectivity index (χ1) is 6.49. The summed E-state index contributed by atoms with van der Waals surface area (Å²) in [4.78, 5) is 11.4. The minimum Gasteiger partial charge on any atom is -0.465 e. The van der Waals surface area contributed by atoms with Gasteiger partial charge in [-0.05, 0) is 18.3 Å². The largest absolute Gasteiger partial charge is 0.465 e. The predicted molar refractivity (Wildman–Crippen MR) is 57.8 cm³/mol. The van der Waals surface area contributed by atoms with Gasteiger partial charge in [0, 0.05) is 0 Å². The van der Waals surface area contributed by atoms with Crippen LogP contribution in [-0.2, 0) is 9.53 Å². The van der Waals surface area contributed by atoms with Gasteiger partial charge in [-0.2, -0.15) is 0 Å². The van der Waals surface area contributed by atoms with E-state index in [0.29, 0.717) is 12.5 Å². The van der Waals surface area contributed by atoms with Crippen molar-refractivity contribution in [1.82, 2.24) is 0 Å². The molecular formula is C11H23NO2. The van der Waals surface area contributed by atoms with Crippen molar-refractivity contribution in [2.75, 3.05) is 6.61 Å². The first-order valence-corrected chi connectivity index (χ1v) is 5.41. The van der Waals surface area contributed by atoms with Crippen LogP contribution in [0.1, 0.15) is 40.5 Å². The van der Waals surface area contributed by atoms with E-state index in [1.165, 1.54) is 0 Å². The second-order valence-corrected chi connectivity index (χ2v) is 4.26. The molecule has 0 unspecified atom stereocenters. The predicted octanol–water partition coefficient (Wildman–Crippen LogP) is 1.95. The van der Waals surface area contributed by atoms with Crippen molar-refractivity contribution in [3.63, 3.8) is 0 Å². The zero-order chi connectivity index (χ0) is 11.1. The van der Waals surface area contributed by atoms with Gasteiger partial charge in [-0.15, -0.1) is 0 Å². The monoisotopic (exact) mass is 201 g/mol. The lowest BCUT2D eigenvalue weighted by atomic mass is 10.0. The third-order valence-electron chi connectivity index (χ3n) is 2.47. The van der Waals surface area contributed by atoms with Crippen molar-refractivity contribution in [2.24, 2.45) is 17.6 Å². The highest BCUT2D eigenvalue weighted by atomic mass is 16.5. The summed E-state index contributed by atoms with van der Waals surface area (Å²) in [6.45, 7) is 8.67. The fraction of sp³-hybridized carbons (Fsp3) is 0.909. The number of ether oxygens (including phenoxy) is 1. The van der Waals surface area contributed by atoms with Crippen molar-refractivity contribution in [2.45, 2.75) is 46.6 Å². The molecular weight excluding hydrogens is 178 g/mol. The average Bonchev–Trinajstić information content (AvgIpc) is 2.14. The van der Waals surface area contributed by atoms with Crippen LogP contribution < -0.4 is 5.73 Å². The fourth-order valence-corrected chi connectivity index (χ4v) is 0.978. The van der Waals surface area contributed by atoms with Gasteiger partial charge in [0.2, 0.25) is 0 Å². The summed E-state index contributed by atoms with van der Waals surface area (Å²) in [6, 6.07) is -0.466. The molecule has 0 aromatic carbocycles. The summed E-state index contributed by atoms with van der Waals surface area (Å²) in [5.74, 6) is 0.490. The molecule has 0 aromatic heterocycles. The van der Waals surface area contributed by atoms with Crippen molar-refractivity contribution in [1.29, 1.82) is 0 Å². The van der Waals surface area contributed by atoms with Gasteiger partial charge in [0.05, 0.1) is 6.61 Å². The smallest absolute Gasteiger partial charge is 0.323 e. The molecule has 0 saturated carbocycles. The highest BCUT2D eigenvalue weighted by molar-refractivity contribution is 5.75. The summed E-state index contributed by atoms with van der Waals surface area (Å²) < 4.78 is 5.07.